The molecule has 1 saturated carbocycles. The summed E-state index contributed by atoms with van der Waals surface area (Å²) in [7, 11) is 0. The molecule has 1 amide bonds. The van der Waals surface area contributed by atoms with Crippen LogP contribution in [0.4, 0.5) is 13.2 Å². The second-order valence-electron chi connectivity index (χ2n) is 7.73. The highest BCUT2D eigenvalue weighted by Crippen LogP contribution is 2.52. The largest absolute Gasteiger partial charge is 0.416 e. The van der Waals surface area contributed by atoms with Gasteiger partial charge in [0.15, 0.2) is 0 Å². The number of hydrogen-bond acceptors (Lipinski definition) is 3. The maximum Gasteiger partial charge on any atom is 0.416 e. The van der Waals surface area contributed by atoms with Crippen LogP contribution in [0.2, 0.25) is 0 Å². The lowest BCUT2D eigenvalue weighted by Gasteiger charge is -2.19. The Labute approximate surface area is 166 Å². The van der Waals surface area contributed by atoms with E-state index in [1.165, 1.54) is 17.7 Å². The van der Waals surface area contributed by atoms with Crippen LogP contribution in [0.25, 0.3) is 0 Å². The molecule has 0 radical (unpaired) electrons. The van der Waals surface area contributed by atoms with Gasteiger partial charge in [0, 0.05) is 32.1 Å². The molecule has 1 heterocycles. The summed E-state index contributed by atoms with van der Waals surface area (Å²) in [4.78, 5) is 14.8. The fourth-order valence-electron chi connectivity index (χ4n) is 4.34. The molecular formula is C22H20F3N3O. The van der Waals surface area contributed by atoms with Crippen LogP contribution in [-0.4, -0.2) is 23.9 Å². The Morgan fingerprint density at radius 3 is 2.45 bits per heavy atom. The highest BCUT2D eigenvalue weighted by Gasteiger charge is 2.59. The predicted octanol–water partition coefficient (Wildman–Crippen LogP) is 3.57. The predicted molar refractivity (Wildman–Crippen MR) is 100 cm³/mol. The van der Waals surface area contributed by atoms with Gasteiger partial charge < -0.3 is 5.32 Å². The first-order chi connectivity index (χ1) is 13.9. The zero-order chi connectivity index (χ0) is 20.6. The number of amides is 1. The van der Waals surface area contributed by atoms with Crippen molar-refractivity contribution >= 4 is 5.91 Å². The van der Waals surface area contributed by atoms with Gasteiger partial charge in [-0.05, 0) is 35.1 Å². The van der Waals surface area contributed by atoms with E-state index in [1.54, 1.807) is 6.07 Å². The van der Waals surface area contributed by atoms with Crippen LogP contribution in [0.5, 0.6) is 0 Å². The third-order valence-corrected chi connectivity index (χ3v) is 5.82. The average Bonchev–Trinajstić information content (AvgIpc) is 3.21. The highest BCUT2D eigenvalue weighted by atomic mass is 19.4. The van der Waals surface area contributed by atoms with E-state index in [0.29, 0.717) is 0 Å². The normalized spacial score (nSPS) is 23.3. The molecule has 150 valence electrons. The number of nitriles is 1. The Balaban J connectivity index is 1.32. The number of likely N-dealkylation sites (tertiary alicyclic amines) is 1. The molecule has 0 spiro atoms. The molecule has 1 aliphatic heterocycles. The van der Waals surface area contributed by atoms with Gasteiger partial charge in [-0.1, -0.05) is 36.4 Å². The van der Waals surface area contributed by atoms with E-state index in [-0.39, 0.29) is 41.3 Å². The Hall–Kier alpha value is -2.85. The number of piperidine rings is 1. The van der Waals surface area contributed by atoms with E-state index in [1.807, 2.05) is 18.2 Å². The van der Waals surface area contributed by atoms with E-state index in [4.69, 9.17) is 5.26 Å². The molecule has 29 heavy (non-hydrogen) atoms. The number of fused-ring (bicyclic) bond motifs is 1. The van der Waals surface area contributed by atoms with Gasteiger partial charge in [-0.15, -0.1) is 0 Å². The molecule has 2 aliphatic rings. The minimum atomic E-state index is -4.57. The molecule has 1 aliphatic carbocycles. The van der Waals surface area contributed by atoms with Gasteiger partial charge in [0.05, 0.1) is 17.2 Å². The number of benzene rings is 2. The first kappa shape index (κ1) is 19.5. The number of alkyl halides is 3. The number of carbonyl (C=O) groups excluding carboxylic acids is 1. The van der Waals surface area contributed by atoms with Crippen molar-refractivity contribution in [2.24, 2.45) is 17.8 Å². The van der Waals surface area contributed by atoms with Crippen molar-refractivity contribution in [3.63, 3.8) is 0 Å². The third kappa shape index (κ3) is 4.13. The van der Waals surface area contributed by atoms with Crippen molar-refractivity contribution in [3.05, 3.63) is 70.8 Å². The van der Waals surface area contributed by atoms with Crippen molar-refractivity contribution < 1.29 is 18.0 Å². The minimum Gasteiger partial charge on any atom is -0.352 e. The van der Waals surface area contributed by atoms with Crippen LogP contribution < -0.4 is 5.32 Å². The first-order valence-corrected chi connectivity index (χ1v) is 9.51. The number of nitrogens with one attached hydrogen (secondary N) is 1. The van der Waals surface area contributed by atoms with Gasteiger partial charge in [-0.3, -0.25) is 9.69 Å². The average molecular weight is 399 g/mol. The quantitative estimate of drug-likeness (QED) is 0.836. The van der Waals surface area contributed by atoms with Crippen molar-refractivity contribution in [1.82, 2.24) is 10.2 Å². The molecule has 1 unspecified atom stereocenters. The monoisotopic (exact) mass is 399 g/mol. The fourth-order valence-corrected chi connectivity index (χ4v) is 4.34. The number of hydrogen-bond donors (Lipinski definition) is 1. The number of halogens is 3. The lowest BCUT2D eigenvalue weighted by atomic mass is 10.0. The van der Waals surface area contributed by atoms with E-state index in [0.717, 1.165) is 25.7 Å². The number of rotatable bonds is 5. The lowest BCUT2D eigenvalue weighted by molar-refractivity contribution is -0.138. The summed E-state index contributed by atoms with van der Waals surface area (Å²) in [5, 5.41) is 11.5. The smallest absolute Gasteiger partial charge is 0.352 e. The van der Waals surface area contributed by atoms with E-state index >= 15 is 0 Å². The minimum absolute atomic E-state index is 0.0265. The van der Waals surface area contributed by atoms with Gasteiger partial charge in [0.1, 0.15) is 0 Å². The summed E-state index contributed by atoms with van der Waals surface area (Å²) in [5.41, 5.74) is 0.279. The van der Waals surface area contributed by atoms with Gasteiger partial charge in [0.25, 0.3) is 0 Å². The first-order valence-electron chi connectivity index (χ1n) is 9.51. The Kier molecular flexibility index (Phi) is 5.05. The number of nitrogens with zero attached hydrogens (tertiary/aromatic N) is 2. The van der Waals surface area contributed by atoms with Crippen molar-refractivity contribution in [3.8, 4) is 6.07 Å². The standard InChI is InChI=1S/C22H20F3N3O/c23-22(24,25)19-8-15(9-26)6-7-16(19)10-27-21(29)20-17-12-28(13-18(17)20)11-14-4-2-1-3-5-14/h1-8,17-18,20H,10-13H2,(H,27,29)/t17-,18+,20?. The third-order valence-electron chi connectivity index (χ3n) is 5.82. The van der Waals surface area contributed by atoms with Crippen molar-refractivity contribution in [1.29, 1.82) is 5.26 Å². The molecule has 1 saturated heterocycles. The van der Waals surface area contributed by atoms with Crippen molar-refractivity contribution in [2.75, 3.05) is 13.1 Å². The second kappa shape index (κ2) is 7.53. The van der Waals surface area contributed by atoms with Crippen LogP contribution in [0.15, 0.2) is 48.5 Å². The van der Waals surface area contributed by atoms with Gasteiger partial charge in [-0.25, -0.2) is 0 Å². The summed E-state index contributed by atoms with van der Waals surface area (Å²) in [6.07, 6.45) is -4.57. The van der Waals surface area contributed by atoms with Crippen LogP contribution in [0, 0.1) is 29.1 Å². The molecule has 4 nitrogen and oxygen atoms in total. The molecule has 2 fully saturated rings. The van der Waals surface area contributed by atoms with Crippen LogP contribution in [0.1, 0.15) is 22.3 Å². The molecule has 0 bridgehead atoms. The highest BCUT2D eigenvalue weighted by molar-refractivity contribution is 5.82. The Bertz CT molecular complexity index is 940. The van der Waals surface area contributed by atoms with Crippen LogP contribution in [-0.2, 0) is 24.1 Å². The summed E-state index contributed by atoms with van der Waals surface area (Å²) in [6, 6.07) is 15.3. The molecule has 2 aromatic carbocycles. The number of carbonyl (C=O) groups is 1. The summed E-state index contributed by atoms with van der Waals surface area (Å²) in [5.74, 6) is 0.259. The van der Waals surface area contributed by atoms with Gasteiger partial charge in [-0.2, -0.15) is 18.4 Å². The van der Waals surface area contributed by atoms with Crippen molar-refractivity contribution in [2.45, 2.75) is 19.3 Å². The molecule has 7 heteroatoms. The van der Waals surface area contributed by atoms with Gasteiger partial charge >= 0.3 is 6.18 Å². The van der Waals surface area contributed by atoms with E-state index in [2.05, 4.69) is 22.3 Å². The molecule has 2 aromatic rings. The molecule has 1 N–H and O–H groups in total. The molecule has 3 atom stereocenters. The van der Waals surface area contributed by atoms with E-state index < -0.39 is 11.7 Å². The van der Waals surface area contributed by atoms with Crippen LogP contribution in [0.3, 0.4) is 0 Å². The maximum atomic E-state index is 13.2. The zero-order valence-electron chi connectivity index (χ0n) is 15.6. The van der Waals surface area contributed by atoms with Gasteiger partial charge in [0.2, 0.25) is 5.91 Å². The van der Waals surface area contributed by atoms with E-state index in [9.17, 15) is 18.0 Å². The van der Waals surface area contributed by atoms with Crippen LogP contribution >= 0.6 is 0 Å². The molecule has 0 aromatic heterocycles. The molecule has 4 rings (SSSR count). The SMILES string of the molecule is N#Cc1ccc(CNC(=O)C2[C@H]3CN(Cc4ccccc4)C[C@@H]23)c(C(F)(F)F)c1. The fraction of sp³-hybridized carbons (Fsp3) is 0.364. The lowest BCUT2D eigenvalue weighted by Crippen LogP contribution is -2.31. The summed E-state index contributed by atoms with van der Waals surface area (Å²) in [6.45, 7) is 2.33. The molecular weight excluding hydrogens is 379 g/mol. The Morgan fingerprint density at radius 1 is 1.14 bits per heavy atom. The zero-order valence-corrected chi connectivity index (χ0v) is 15.6. The summed E-state index contributed by atoms with van der Waals surface area (Å²) < 4.78 is 39.7. The summed E-state index contributed by atoms with van der Waals surface area (Å²) >= 11 is 0. The maximum absolute atomic E-state index is 13.2. The topological polar surface area (TPSA) is 56.1 Å². The Morgan fingerprint density at radius 2 is 1.83 bits per heavy atom. The second-order valence-corrected chi connectivity index (χ2v) is 7.73.